The molecule has 29 heavy (non-hydrogen) atoms. The van der Waals surface area contributed by atoms with Gasteiger partial charge in [-0.3, -0.25) is 20.3 Å². The first-order valence-corrected chi connectivity index (χ1v) is 9.24. The highest BCUT2D eigenvalue weighted by Gasteiger charge is 2.11. The van der Waals surface area contributed by atoms with Gasteiger partial charge in [-0.25, -0.2) is 4.98 Å². The van der Waals surface area contributed by atoms with Crippen LogP contribution in [0.5, 0.6) is 5.88 Å². The number of nitrogens with one attached hydrogen (secondary N) is 2. The summed E-state index contributed by atoms with van der Waals surface area (Å²) in [5.74, 6) is 0.268. The number of benzene rings is 1. The van der Waals surface area contributed by atoms with Crippen LogP contribution in [0.3, 0.4) is 0 Å². The van der Waals surface area contributed by atoms with Crippen molar-refractivity contribution in [1.29, 1.82) is 0 Å². The molecule has 8 nitrogen and oxygen atoms in total. The van der Waals surface area contributed by atoms with E-state index in [9.17, 15) is 4.79 Å². The van der Waals surface area contributed by atoms with Gasteiger partial charge in [0.15, 0.2) is 0 Å². The van der Waals surface area contributed by atoms with Crippen LogP contribution in [0.2, 0.25) is 5.02 Å². The first-order valence-electron chi connectivity index (χ1n) is 8.86. The lowest BCUT2D eigenvalue weighted by Crippen LogP contribution is -2.28. The van der Waals surface area contributed by atoms with Crippen molar-refractivity contribution in [2.75, 3.05) is 12.5 Å². The van der Waals surface area contributed by atoms with E-state index in [0.717, 1.165) is 22.5 Å². The smallest absolute Gasteiger partial charge is 0.262 e. The molecular weight excluding hydrogens is 392 g/mol. The van der Waals surface area contributed by atoms with Crippen LogP contribution in [-0.4, -0.2) is 32.8 Å². The van der Waals surface area contributed by atoms with Crippen LogP contribution in [0.15, 0.2) is 42.6 Å². The van der Waals surface area contributed by atoms with E-state index in [1.54, 1.807) is 12.1 Å². The minimum Gasteiger partial charge on any atom is -0.481 e. The number of aromatic nitrogens is 4. The van der Waals surface area contributed by atoms with Gasteiger partial charge >= 0.3 is 0 Å². The van der Waals surface area contributed by atoms with Crippen molar-refractivity contribution in [3.8, 4) is 5.88 Å². The molecule has 0 aliphatic heterocycles. The number of anilines is 1. The lowest BCUT2D eigenvalue weighted by Gasteiger charge is -2.07. The number of amides is 1. The maximum Gasteiger partial charge on any atom is 0.262 e. The number of ether oxygens (including phenoxy) is 1. The number of hydrazine groups is 1. The maximum atomic E-state index is 12.1. The summed E-state index contributed by atoms with van der Waals surface area (Å²) in [4.78, 5) is 20.2. The zero-order valence-corrected chi connectivity index (χ0v) is 17.1. The predicted octanol–water partition coefficient (Wildman–Crippen LogP) is 3.16. The molecule has 3 aromatic rings. The topological polar surface area (TPSA) is 94.0 Å². The van der Waals surface area contributed by atoms with Gasteiger partial charge < -0.3 is 4.74 Å². The van der Waals surface area contributed by atoms with Gasteiger partial charge in [0.1, 0.15) is 0 Å². The summed E-state index contributed by atoms with van der Waals surface area (Å²) < 4.78 is 6.88. The molecule has 9 heteroatoms. The van der Waals surface area contributed by atoms with Crippen LogP contribution in [0.25, 0.3) is 6.08 Å². The van der Waals surface area contributed by atoms with E-state index in [0.29, 0.717) is 17.4 Å². The van der Waals surface area contributed by atoms with Crippen LogP contribution in [-0.2, 0) is 11.3 Å². The first-order chi connectivity index (χ1) is 14.0. The lowest BCUT2D eigenvalue weighted by atomic mass is 10.1. The Balaban J connectivity index is 1.66. The fourth-order valence-electron chi connectivity index (χ4n) is 2.73. The Labute approximate surface area is 173 Å². The number of rotatable bonds is 7. The average molecular weight is 413 g/mol. The number of halogens is 1. The minimum atomic E-state index is -0.353. The summed E-state index contributed by atoms with van der Waals surface area (Å²) in [5, 5.41) is 5.26. The molecule has 3 rings (SSSR count). The molecule has 0 atom stereocenters. The molecule has 0 bridgehead atoms. The Morgan fingerprint density at radius 1 is 1.28 bits per heavy atom. The van der Waals surface area contributed by atoms with Gasteiger partial charge in [-0.15, -0.1) is 0 Å². The quantitative estimate of drug-likeness (QED) is 0.457. The first kappa shape index (κ1) is 20.3. The average Bonchev–Trinajstić information content (AvgIpc) is 2.99. The summed E-state index contributed by atoms with van der Waals surface area (Å²) in [5.41, 5.74) is 8.78. The number of aryl methyl sites for hydroxylation is 1. The normalized spacial score (nSPS) is 10.9. The molecule has 2 heterocycles. The third kappa shape index (κ3) is 5.11. The molecule has 150 valence electrons. The zero-order chi connectivity index (χ0) is 20.8. The van der Waals surface area contributed by atoms with E-state index in [1.807, 2.05) is 42.8 Å². The van der Waals surface area contributed by atoms with Gasteiger partial charge in [-0.1, -0.05) is 29.8 Å². The SMILES string of the molecule is COc1ccnc(NNC(=O)/C=C/c2c(C)nn(Cc3ccccc3Cl)c2C)n1. The summed E-state index contributed by atoms with van der Waals surface area (Å²) in [6, 6.07) is 9.26. The van der Waals surface area contributed by atoms with Gasteiger partial charge in [0.05, 0.1) is 19.3 Å². The van der Waals surface area contributed by atoms with Crippen LogP contribution in [0.1, 0.15) is 22.5 Å². The van der Waals surface area contributed by atoms with E-state index in [1.165, 1.54) is 19.4 Å². The third-order valence-electron chi connectivity index (χ3n) is 4.25. The highest BCUT2D eigenvalue weighted by Crippen LogP contribution is 2.20. The largest absolute Gasteiger partial charge is 0.481 e. The molecule has 0 saturated heterocycles. The summed E-state index contributed by atoms with van der Waals surface area (Å²) >= 11 is 6.25. The van der Waals surface area contributed by atoms with E-state index < -0.39 is 0 Å². The maximum absolute atomic E-state index is 12.1. The Hall–Kier alpha value is -3.39. The number of carbonyl (C=O) groups excluding carboxylic acids is 1. The van der Waals surface area contributed by atoms with E-state index in [4.69, 9.17) is 16.3 Å². The second-order valence-electron chi connectivity index (χ2n) is 6.20. The number of carbonyl (C=O) groups is 1. The molecular formula is C20H21ClN6O2. The summed E-state index contributed by atoms with van der Waals surface area (Å²) in [7, 11) is 1.50. The Morgan fingerprint density at radius 3 is 2.83 bits per heavy atom. The van der Waals surface area contributed by atoms with E-state index in [-0.39, 0.29) is 11.9 Å². The molecule has 1 aromatic carbocycles. The summed E-state index contributed by atoms with van der Waals surface area (Å²) in [6.45, 7) is 4.41. The predicted molar refractivity (Wildman–Crippen MR) is 112 cm³/mol. The molecule has 0 aliphatic carbocycles. The van der Waals surface area contributed by atoms with E-state index >= 15 is 0 Å². The van der Waals surface area contributed by atoms with Gasteiger partial charge in [0, 0.05) is 34.6 Å². The third-order valence-corrected chi connectivity index (χ3v) is 4.62. The number of methoxy groups -OCH3 is 1. The highest BCUT2D eigenvalue weighted by atomic mass is 35.5. The number of hydrogen-bond acceptors (Lipinski definition) is 6. The van der Waals surface area contributed by atoms with Crippen molar-refractivity contribution in [2.24, 2.45) is 0 Å². The molecule has 0 radical (unpaired) electrons. The van der Waals surface area contributed by atoms with Gasteiger partial charge in [-0.2, -0.15) is 10.1 Å². The van der Waals surface area contributed by atoms with Crippen molar-refractivity contribution in [3.63, 3.8) is 0 Å². The van der Waals surface area contributed by atoms with Crippen LogP contribution < -0.4 is 15.6 Å². The Bertz CT molecular complexity index is 1050. The second kappa shape index (κ2) is 9.20. The minimum absolute atomic E-state index is 0.228. The number of nitrogens with zero attached hydrogens (tertiary/aromatic N) is 4. The summed E-state index contributed by atoms with van der Waals surface area (Å²) in [6.07, 6.45) is 4.67. The monoisotopic (exact) mass is 412 g/mol. The lowest BCUT2D eigenvalue weighted by molar-refractivity contribution is -0.116. The van der Waals surface area contributed by atoms with Gasteiger partial charge in [0.25, 0.3) is 5.91 Å². The van der Waals surface area contributed by atoms with Crippen molar-refractivity contribution in [1.82, 2.24) is 25.2 Å². The molecule has 2 aromatic heterocycles. The van der Waals surface area contributed by atoms with E-state index in [2.05, 4.69) is 25.9 Å². The van der Waals surface area contributed by atoms with Crippen LogP contribution in [0.4, 0.5) is 5.95 Å². The standard InChI is InChI=1S/C20H21ClN6O2/c1-13-16(14(2)27(26-13)12-15-6-4-5-7-17(15)21)8-9-18(28)24-25-20-22-11-10-19(23-20)29-3/h4-11H,12H2,1-3H3,(H,24,28)(H,22,23,25)/b9-8+. The van der Waals surface area contributed by atoms with Crippen molar-refractivity contribution < 1.29 is 9.53 Å². The number of hydrogen-bond donors (Lipinski definition) is 2. The van der Waals surface area contributed by atoms with Crippen molar-refractivity contribution in [3.05, 3.63) is 70.1 Å². The van der Waals surface area contributed by atoms with Crippen LogP contribution >= 0.6 is 11.6 Å². The molecule has 0 aliphatic rings. The Morgan fingerprint density at radius 2 is 2.07 bits per heavy atom. The molecule has 0 fully saturated rings. The second-order valence-corrected chi connectivity index (χ2v) is 6.61. The fraction of sp³-hybridized carbons (Fsp3) is 0.200. The van der Waals surface area contributed by atoms with Crippen molar-refractivity contribution >= 4 is 29.5 Å². The molecule has 0 unspecified atom stereocenters. The van der Waals surface area contributed by atoms with Crippen molar-refractivity contribution in [2.45, 2.75) is 20.4 Å². The molecule has 2 N–H and O–H groups in total. The highest BCUT2D eigenvalue weighted by molar-refractivity contribution is 6.31. The van der Waals surface area contributed by atoms with Gasteiger partial charge in [0.2, 0.25) is 11.8 Å². The zero-order valence-electron chi connectivity index (χ0n) is 16.3. The van der Waals surface area contributed by atoms with Crippen LogP contribution in [0, 0.1) is 13.8 Å². The molecule has 1 amide bonds. The molecule has 0 spiro atoms. The Kier molecular flexibility index (Phi) is 6.46. The van der Waals surface area contributed by atoms with Gasteiger partial charge in [-0.05, 0) is 31.6 Å². The molecule has 0 saturated carbocycles. The fourth-order valence-corrected chi connectivity index (χ4v) is 2.92.